The molecule has 0 bridgehead atoms. The van der Waals surface area contributed by atoms with Crippen molar-refractivity contribution in [1.29, 1.82) is 0 Å². The van der Waals surface area contributed by atoms with E-state index in [9.17, 15) is 8.78 Å². The average molecular weight is 239 g/mol. The molecule has 1 aliphatic carbocycles. The van der Waals surface area contributed by atoms with Gasteiger partial charge in [-0.05, 0) is 6.07 Å². The summed E-state index contributed by atoms with van der Waals surface area (Å²) in [5, 5.41) is 0. The van der Waals surface area contributed by atoms with Gasteiger partial charge >= 0.3 is 0 Å². The summed E-state index contributed by atoms with van der Waals surface area (Å²) >= 11 is 0. The van der Waals surface area contributed by atoms with Gasteiger partial charge in [-0.15, -0.1) is 0 Å². The van der Waals surface area contributed by atoms with Crippen LogP contribution in [0.5, 0.6) is 5.88 Å². The second kappa shape index (κ2) is 3.38. The first-order valence-corrected chi connectivity index (χ1v) is 5.36. The van der Waals surface area contributed by atoms with E-state index in [0.717, 1.165) is 5.52 Å². The Morgan fingerprint density at radius 3 is 2.88 bits per heavy atom. The molecule has 1 saturated carbocycles. The molecule has 1 aliphatic rings. The van der Waals surface area contributed by atoms with Crippen LogP contribution < -0.4 is 4.74 Å². The third-order valence-corrected chi connectivity index (χ3v) is 2.90. The fourth-order valence-electron chi connectivity index (χ4n) is 1.92. The molecule has 0 amide bonds. The van der Waals surface area contributed by atoms with Gasteiger partial charge in [-0.2, -0.15) is 4.98 Å². The fourth-order valence-corrected chi connectivity index (χ4v) is 1.92. The van der Waals surface area contributed by atoms with Crippen LogP contribution in [-0.4, -0.2) is 26.6 Å². The molecular formula is C11H11F2N3O. The zero-order valence-corrected chi connectivity index (χ0v) is 9.23. The lowest BCUT2D eigenvalue weighted by Crippen LogP contribution is -2.43. The maximum Gasteiger partial charge on any atom is 0.255 e. The maximum absolute atomic E-state index is 12.6. The van der Waals surface area contributed by atoms with Crippen molar-refractivity contribution in [3.05, 3.63) is 18.5 Å². The molecule has 0 atom stereocenters. The lowest BCUT2D eigenvalue weighted by Gasteiger charge is -2.34. The van der Waals surface area contributed by atoms with Crippen molar-refractivity contribution in [3.8, 4) is 5.88 Å². The van der Waals surface area contributed by atoms with Crippen molar-refractivity contribution < 1.29 is 13.5 Å². The van der Waals surface area contributed by atoms with Crippen LogP contribution in [0.3, 0.4) is 0 Å². The maximum atomic E-state index is 12.6. The van der Waals surface area contributed by atoms with E-state index in [4.69, 9.17) is 4.74 Å². The van der Waals surface area contributed by atoms with Crippen LogP contribution in [0.15, 0.2) is 18.5 Å². The van der Waals surface area contributed by atoms with E-state index in [1.165, 1.54) is 0 Å². The van der Waals surface area contributed by atoms with Crippen LogP contribution in [0.2, 0.25) is 0 Å². The molecule has 4 nitrogen and oxygen atoms in total. The van der Waals surface area contributed by atoms with E-state index < -0.39 is 12.0 Å². The van der Waals surface area contributed by atoms with Gasteiger partial charge in [-0.3, -0.25) is 0 Å². The number of rotatable bonds is 2. The number of fused-ring (bicyclic) bond motifs is 1. The molecule has 17 heavy (non-hydrogen) atoms. The molecule has 6 heteroatoms. The van der Waals surface area contributed by atoms with Gasteiger partial charge in [0.15, 0.2) is 5.65 Å². The van der Waals surface area contributed by atoms with E-state index in [2.05, 4.69) is 9.97 Å². The third-order valence-electron chi connectivity index (χ3n) is 2.90. The van der Waals surface area contributed by atoms with Gasteiger partial charge < -0.3 is 9.30 Å². The van der Waals surface area contributed by atoms with Crippen LogP contribution in [-0.2, 0) is 7.05 Å². The van der Waals surface area contributed by atoms with E-state index in [0.29, 0.717) is 11.5 Å². The molecule has 0 radical (unpaired) electrons. The van der Waals surface area contributed by atoms with Gasteiger partial charge in [0, 0.05) is 26.0 Å². The summed E-state index contributed by atoms with van der Waals surface area (Å²) in [6.45, 7) is 0. The number of hydrogen-bond donors (Lipinski definition) is 0. The molecule has 2 aromatic rings. The van der Waals surface area contributed by atoms with Gasteiger partial charge in [0.05, 0.1) is 11.8 Å². The molecule has 2 heterocycles. The van der Waals surface area contributed by atoms with Crippen molar-refractivity contribution in [3.63, 3.8) is 0 Å². The molecule has 0 N–H and O–H groups in total. The average Bonchev–Trinajstić information content (AvgIpc) is 2.57. The summed E-state index contributed by atoms with van der Waals surface area (Å²) in [5.74, 6) is -2.21. The molecule has 0 aromatic carbocycles. The van der Waals surface area contributed by atoms with Crippen LogP contribution in [0.4, 0.5) is 8.78 Å². The summed E-state index contributed by atoms with van der Waals surface area (Å²) in [6.07, 6.45) is 0.765. The number of ether oxygens (including phenoxy) is 1. The highest BCUT2D eigenvalue weighted by Gasteiger charge is 2.47. The van der Waals surface area contributed by atoms with Crippen LogP contribution >= 0.6 is 0 Å². The number of alkyl halides is 2. The van der Waals surface area contributed by atoms with Crippen molar-refractivity contribution in [2.45, 2.75) is 24.9 Å². The number of aromatic nitrogens is 3. The van der Waals surface area contributed by atoms with E-state index in [1.807, 2.05) is 17.7 Å². The second-order valence-electron chi connectivity index (χ2n) is 4.35. The summed E-state index contributed by atoms with van der Waals surface area (Å²) in [4.78, 5) is 8.25. The highest BCUT2D eigenvalue weighted by molar-refractivity contribution is 5.71. The number of nitrogens with zero attached hydrogens (tertiary/aromatic N) is 3. The monoisotopic (exact) mass is 239 g/mol. The molecule has 0 spiro atoms. The zero-order valence-electron chi connectivity index (χ0n) is 9.23. The quantitative estimate of drug-likeness (QED) is 0.806. The third kappa shape index (κ3) is 1.83. The Morgan fingerprint density at radius 2 is 2.18 bits per heavy atom. The largest absolute Gasteiger partial charge is 0.474 e. The number of imidazole rings is 1. The molecule has 3 rings (SSSR count). The lowest BCUT2D eigenvalue weighted by atomic mass is 9.91. The Balaban J connectivity index is 1.78. The fraction of sp³-hybridized carbons (Fsp3) is 0.455. The van der Waals surface area contributed by atoms with Crippen molar-refractivity contribution in [1.82, 2.24) is 14.5 Å². The molecule has 90 valence electrons. The van der Waals surface area contributed by atoms with Gasteiger partial charge in [-0.25, -0.2) is 13.8 Å². The minimum atomic E-state index is -2.57. The molecule has 0 aliphatic heterocycles. The van der Waals surface area contributed by atoms with Gasteiger partial charge in [0.2, 0.25) is 5.88 Å². The van der Waals surface area contributed by atoms with Gasteiger partial charge in [0.25, 0.3) is 5.92 Å². The highest BCUT2D eigenvalue weighted by atomic mass is 19.3. The van der Waals surface area contributed by atoms with Gasteiger partial charge in [0.1, 0.15) is 6.10 Å². The Kier molecular flexibility index (Phi) is 2.08. The summed E-state index contributed by atoms with van der Waals surface area (Å²) in [5.41, 5.74) is 1.45. The summed E-state index contributed by atoms with van der Waals surface area (Å²) in [6, 6.07) is 3.50. The van der Waals surface area contributed by atoms with Gasteiger partial charge in [-0.1, -0.05) is 0 Å². The minimum Gasteiger partial charge on any atom is -0.474 e. The topological polar surface area (TPSA) is 39.9 Å². The first-order chi connectivity index (χ1) is 8.03. The van der Waals surface area contributed by atoms with E-state index in [-0.39, 0.29) is 12.8 Å². The summed E-state index contributed by atoms with van der Waals surface area (Å²) < 4.78 is 32.5. The smallest absolute Gasteiger partial charge is 0.255 e. The molecule has 0 unspecified atom stereocenters. The number of hydrogen-bond acceptors (Lipinski definition) is 3. The Hall–Kier alpha value is -1.72. The Bertz CT molecular complexity index is 559. The van der Waals surface area contributed by atoms with Crippen LogP contribution in [0.25, 0.3) is 11.2 Å². The number of aryl methyl sites for hydroxylation is 1. The van der Waals surface area contributed by atoms with E-state index >= 15 is 0 Å². The zero-order chi connectivity index (χ0) is 12.0. The normalized spacial score (nSPS) is 19.2. The van der Waals surface area contributed by atoms with Crippen molar-refractivity contribution in [2.75, 3.05) is 0 Å². The standard InChI is InChI=1S/C11H11F2N3O/c1-16-6-14-10-8(16)2-3-9(15-10)17-7-4-11(12,13)5-7/h2-3,6-7H,4-5H2,1H3. The number of pyridine rings is 1. The molecule has 0 saturated heterocycles. The molecular weight excluding hydrogens is 228 g/mol. The van der Waals surface area contributed by atoms with Crippen LogP contribution in [0.1, 0.15) is 12.8 Å². The minimum absolute atomic E-state index is 0.227. The van der Waals surface area contributed by atoms with Crippen LogP contribution in [0, 0.1) is 0 Å². The Labute approximate surface area is 96.2 Å². The highest BCUT2D eigenvalue weighted by Crippen LogP contribution is 2.39. The van der Waals surface area contributed by atoms with Crippen molar-refractivity contribution >= 4 is 11.2 Å². The number of halogens is 2. The molecule has 1 fully saturated rings. The predicted molar refractivity (Wildman–Crippen MR) is 57.1 cm³/mol. The lowest BCUT2D eigenvalue weighted by molar-refractivity contribution is -0.135. The SMILES string of the molecule is Cn1cnc2nc(OC3CC(F)(F)C3)ccc21. The van der Waals surface area contributed by atoms with E-state index in [1.54, 1.807) is 12.4 Å². The van der Waals surface area contributed by atoms with Crippen molar-refractivity contribution in [2.24, 2.45) is 7.05 Å². The first kappa shape index (κ1) is 10.4. The first-order valence-electron chi connectivity index (χ1n) is 5.36. The predicted octanol–water partition coefficient (Wildman–Crippen LogP) is 2.14. The summed E-state index contributed by atoms with van der Waals surface area (Å²) in [7, 11) is 1.87. The second-order valence-corrected chi connectivity index (χ2v) is 4.35. The Morgan fingerprint density at radius 1 is 1.41 bits per heavy atom. The molecule has 2 aromatic heterocycles.